The standard InChI is InChI=1S/C11H19NO2S/c1-9(2)11(3,4)10(13)14-7-5-6-12-8-15/h9H,5-7H2,1-4H3. The number of rotatable bonds is 6. The van der Waals surface area contributed by atoms with Crippen LogP contribution in [0.5, 0.6) is 0 Å². The summed E-state index contributed by atoms with van der Waals surface area (Å²) in [6.45, 7) is 8.79. The highest BCUT2D eigenvalue weighted by Gasteiger charge is 2.32. The lowest BCUT2D eigenvalue weighted by Crippen LogP contribution is -2.32. The molecule has 0 aromatic heterocycles. The van der Waals surface area contributed by atoms with E-state index in [9.17, 15) is 4.79 Å². The van der Waals surface area contributed by atoms with Crippen LogP contribution < -0.4 is 0 Å². The van der Waals surface area contributed by atoms with Gasteiger partial charge in [0.05, 0.1) is 23.7 Å². The van der Waals surface area contributed by atoms with E-state index in [0.717, 1.165) is 0 Å². The Balaban J connectivity index is 3.88. The summed E-state index contributed by atoms with van der Waals surface area (Å²) >= 11 is 4.42. The molecule has 86 valence electrons. The first-order valence-corrected chi connectivity index (χ1v) is 5.54. The molecule has 0 spiro atoms. The van der Waals surface area contributed by atoms with Gasteiger partial charge in [0.15, 0.2) is 0 Å². The first-order chi connectivity index (χ1) is 6.92. The molecule has 0 saturated heterocycles. The van der Waals surface area contributed by atoms with E-state index in [1.54, 1.807) is 0 Å². The number of thiocarbonyl (C=S) groups is 1. The van der Waals surface area contributed by atoms with Crippen LogP contribution in [0, 0.1) is 11.3 Å². The SMILES string of the molecule is CC(C)C(C)(C)C(=O)OCCCN=C=S. The Morgan fingerprint density at radius 3 is 2.60 bits per heavy atom. The quantitative estimate of drug-likeness (QED) is 0.304. The van der Waals surface area contributed by atoms with Gasteiger partial charge in [-0.15, -0.1) is 0 Å². The molecule has 0 fully saturated rings. The number of hydrogen-bond donors (Lipinski definition) is 0. The summed E-state index contributed by atoms with van der Waals surface area (Å²) in [4.78, 5) is 15.4. The second-order valence-corrected chi connectivity index (χ2v) is 4.52. The minimum Gasteiger partial charge on any atom is -0.465 e. The molecule has 0 atom stereocenters. The number of isothiocyanates is 1. The maximum atomic E-state index is 11.6. The Bertz CT molecular complexity index is 255. The molecule has 0 heterocycles. The number of ether oxygens (including phenoxy) is 1. The second-order valence-electron chi connectivity index (χ2n) is 4.34. The van der Waals surface area contributed by atoms with Crippen molar-refractivity contribution in [2.75, 3.05) is 13.2 Å². The molecular formula is C11H19NO2S. The van der Waals surface area contributed by atoms with E-state index in [1.807, 2.05) is 27.7 Å². The highest BCUT2D eigenvalue weighted by atomic mass is 32.1. The molecule has 0 aromatic rings. The van der Waals surface area contributed by atoms with Crippen molar-refractivity contribution in [1.82, 2.24) is 0 Å². The fourth-order valence-corrected chi connectivity index (χ4v) is 0.867. The van der Waals surface area contributed by atoms with Gasteiger partial charge in [-0.3, -0.25) is 4.79 Å². The van der Waals surface area contributed by atoms with Gasteiger partial charge in [-0.1, -0.05) is 13.8 Å². The molecular weight excluding hydrogens is 210 g/mol. The predicted octanol–water partition coefficient (Wildman–Crippen LogP) is 2.70. The zero-order valence-corrected chi connectivity index (χ0v) is 10.7. The van der Waals surface area contributed by atoms with Crippen molar-refractivity contribution in [1.29, 1.82) is 0 Å². The van der Waals surface area contributed by atoms with Gasteiger partial charge in [0.25, 0.3) is 0 Å². The lowest BCUT2D eigenvalue weighted by Gasteiger charge is -2.26. The summed E-state index contributed by atoms with van der Waals surface area (Å²) < 4.78 is 5.15. The molecule has 0 amide bonds. The van der Waals surface area contributed by atoms with Gasteiger partial charge in [-0.25, -0.2) is 4.99 Å². The molecule has 0 unspecified atom stereocenters. The van der Waals surface area contributed by atoms with Crippen molar-refractivity contribution in [3.05, 3.63) is 0 Å². The molecule has 0 radical (unpaired) electrons. The highest BCUT2D eigenvalue weighted by Crippen LogP contribution is 2.27. The van der Waals surface area contributed by atoms with Crippen molar-refractivity contribution in [2.45, 2.75) is 34.1 Å². The van der Waals surface area contributed by atoms with E-state index in [0.29, 0.717) is 19.6 Å². The van der Waals surface area contributed by atoms with Crippen LogP contribution in [0.2, 0.25) is 0 Å². The molecule has 0 aliphatic carbocycles. The molecule has 0 aromatic carbocycles. The number of esters is 1. The van der Waals surface area contributed by atoms with Crippen LogP contribution in [0.25, 0.3) is 0 Å². The summed E-state index contributed by atoms with van der Waals surface area (Å²) in [6, 6.07) is 0. The molecule has 15 heavy (non-hydrogen) atoms. The van der Waals surface area contributed by atoms with Crippen LogP contribution in [0.1, 0.15) is 34.1 Å². The Kier molecular flexibility index (Phi) is 6.37. The lowest BCUT2D eigenvalue weighted by molar-refractivity contribution is -0.156. The van der Waals surface area contributed by atoms with Crippen LogP contribution in [0.4, 0.5) is 0 Å². The molecule has 0 aliphatic rings. The maximum absolute atomic E-state index is 11.6. The Hall–Kier alpha value is -0.730. The Morgan fingerprint density at radius 1 is 1.53 bits per heavy atom. The van der Waals surface area contributed by atoms with Crippen molar-refractivity contribution in [3.8, 4) is 0 Å². The van der Waals surface area contributed by atoms with E-state index in [2.05, 4.69) is 22.4 Å². The van der Waals surface area contributed by atoms with E-state index >= 15 is 0 Å². The number of carbonyl (C=O) groups is 1. The summed E-state index contributed by atoms with van der Waals surface area (Å²) in [6.07, 6.45) is 0.698. The number of carbonyl (C=O) groups excluding carboxylic acids is 1. The third-order valence-corrected chi connectivity index (χ3v) is 2.81. The third kappa shape index (κ3) is 5.05. The average molecular weight is 229 g/mol. The van der Waals surface area contributed by atoms with Gasteiger partial charge in [0.1, 0.15) is 0 Å². The smallest absolute Gasteiger partial charge is 0.311 e. The first kappa shape index (κ1) is 14.3. The minimum atomic E-state index is -0.423. The molecule has 4 heteroatoms. The molecule has 3 nitrogen and oxygen atoms in total. The van der Waals surface area contributed by atoms with Gasteiger partial charge in [-0.2, -0.15) is 0 Å². The maximum Gasteiger partial charge on any atom is 0.311 e. The summed E-state index contributed by atoms with van der Waals surface area (Å²) in [5, 5.41) is 2.27. The number of nitrogens with zero attached hydrogens (tertiary/aromatic N) is 1. The van der Waals surface area contributed by atoms with Gasteiger partial charge >= 0.3 is 5.97 Å². The molecule has 0 aliphatic heterocycles. The first-order valence-electron chi connectivity index (χ1n) is 5.13. The molecule has 0 N–H and O–H groups in total. The van der Waals surface area contributed by atoms with Gasteiger partial charge in [0.2, 0.25) is 0 Å². The van der Waals surface area contributed by atoms with E-state index in [4.69, 9.17) is 4.74 Å². The molecule has 0 rings (SSSR count). The number of aliphatic imine (C=N–C) groups is 1. The predicted molar refractivity (Wildman–Crippen MR) is 64.1 cm³/mol. The molecule has 0 saturated carbocycles. The normalized spacial score (nSPS) is 11.0. The van der Waals surface area contributed by atoms with Gasteiger partial charge in [0, 0.05) is 6.42 Å². The summed E-state index contributed by atoms with van der Waals surface area (Å²) in [7, 11) is 0. The largest absolute Gasteiger partial charge is 0.465 e. The third-order valence-electron chi connectivity index (χ3n) is 2.68. The highest BCUT2D eigenvalue weighted by molar-refractivity contribution is 7.78. The van der Waals surface area contributed by atoms with Crippen LogP contribution in [0.15, 0.2) is 4.99 Å². The van der Waals surface area contributed by atoms with Crippen LogP contribution in [-0.2, 0) is 9.53 Å². The monoisotopic (exact) mass is 229 g/mol. The van der Waals surface area contributed by atoms with Crippen LogP contribution in [-0.4, -0.2) is 24.3 Å². The zero-order chi connectivity index (χ0) is 11.9. The summed E-state index contributed by atoms with van der Waals surface area (Å²) in [5.41, 5.74) is -0.423. The second kappa shape index (κ2) is 6.70. The van der Waals surface area contributed by atoms with Crippen molar-refractivity contribution in [3.63, 3.8) is 0 Å². The number of hydrogen-bond acceptors (Lipinski definition) is 4. The van der Waals surface area contributed by atoms with Crippen molar-refractivity contribution < 1.29 is 9.53 Å². The van der Waals surface area contributed by atoms with E-state index in [-0.39, 0.29) is 11.9 Å². The van der Waals surface area contributed by atoms with Gasteiger partial charge in [-0.05, 0) is 32.0 Å². The minimum absolute atomic E-state index is 0.149. The van der Waals surface area contributed by atoms with E-state index < -0.39 is 5.41 Å². The fraction of sp³-hybridized carbons (Fsp3) is 0.818. The van der Waals surface area contributed by atoms with Crippen molar-refractivity contribution >= 4 is 23.3 Å². The lowest BCUT2D eigenvalue weighted by atomic mass is 9.81. The van der Waals surface area contributed by atoms with Crippen LogP contribution in [0.3, 0.4) is 0 Å². The van der Waals surface area contributed by atoms with Gasteiger partial charge < -0.3 is 4.74 Å². The Labute approximate surface area is 96.9 Å². The van der Waals surface area contributed by atoms with Crippen molar-refractivity contribution in [2.24, 2.45) is 16.3 Å². The zero-order valence-electron chi connectivity index (χ0n) is 9.87. The topological polar surface area (TPSA) is 38.7 Å². The summed E-state index contributed by atoms with van der Waals surface area (Å²) in [5.74, 6) is 0.118. The van der Waals surface area contributed by atoms with E-state index in [1.165, 1.54) is 0 Å². The Morgan fingerprint density at radius 2 is 2.13 bits per heavy atom. The molecule has 0 bridgehead atoms. The average Bonchev–Trinajstić information content (AvgIpc) is 2.16. The van der Waals surface area contributed by atoms with Crippen LogP contribution >= 0.6 is 12.2 Å². The fourth-order valence-electron chi connectivity index (χ4n) is 0.776.